The highest BCUT2D eigenvalue weighted by atomic mass is 32.2. The first-order valence-corrected chi connectivity index (χ1v) is 8.21. The number of nitrogens with zero attached hydrogens (tertiary/aromatic N) is 2. The van der Waals surface area contributed by atoms with Crippen molar-refractivity contribution in [3.05, 3.63) is 29.3 Å². The summed E-state index contributed by atoms with van der Waals surface area (Å²) in [5.74, 6) is 0. The molecule has 1 N–H and O–H groups in total. The second-order valence-corrected chi connectivity index (χ2v) is 8.05. The maximum absolute atomic E-state index is 12.4. The molecule has 0 unspecified atom stereocenters. The van der Waals surface area contributed by atoms with Crippen LogP contribution in [0, 0.1) is 23.7 Å². The smallest absolute Gasteiger partial charge is 0.240 e. The highest BCUT2D eigenvalue weighted by Crippen LogP contribution is 2.19. The van der Waals surface area contributed by atoms with Crippen LogP contribution in [0.4, 0.5) is 0 Å². The first-order valence-electron chi connectivity index (χ1n) is 6.72. The van der Waals surface area contributed by atoms with Crippen LogP contribution < -0.4 is 4.72 Å². The van der Waals surface area contributed by atoms with Crippen molar-refractivity contribution in [2.24, 2.45) is 5.41 Å². The lowest BCUT2D eigenvalue weighted by Crippen LogP contribution is -2.40. The topological polar surface area (TPSA) is 73.2 Å². The second kappa shape index (κ2) is 6.56. The number of aryl methyl sites for hydroxylation is 1. The Labute approximate surface area is 127 Å². The van der Waals surface area contributed by atoms with Crippen molar-refractivity contribution in [2.75, 3.05) is 27.2 Å². The molecule has 0 heterocycles. The van der Waals surface area contributed by atoms with Crippen LogP contribution in [0.25, 0.3) is 0 Å². The molecule has 1 rings (SSSR count). The largest absolute Gasteiger partial charge is 0.309 e. The predicted molar refractivity (Wildman–Crippen MR) is 83.4 cm³/mol. The SMILES string of the molecule is Cc1cc(C#N)ccc1S(=O)(=O)NCC(C)(C)CN(C)C. The Morgan fingerprint density at radius 1 is 1.33 bits per heavy atom. The molecule has 0 saturated carbocycles. The molecule has 0 aromatic heterocycles. The van der Waals surface area contributed by atoms with Crippen LogP contribution in [0.1, 0.15) is 25.0 Å². The number of sulfonamides is 1. The first kappa shape index (κ1) is 17.6. The van der Waals surface area contributed by atoms with E-state index in [1.54, 1.807) is 13.0 Å². The van der Waals surface area contributed by atoms with E-state index in [4.69, 9.17) is 5.26 Å². The molecule has 0 aliphatic carbocycles. The molecule has 0 fully saturated rings. The molecule has 1 aromatic carbocycles. The van der Waals surface area contributed by atoms with Crippen molar-refractivity contribution in [3.63, 3.8) is 0 Å². The molecular weight excluding hydrogens is 286 g/mol. The van der Waals surface area contributed by atoms with Gasteiger partial charge in [-0.1, -0.05) is 13.8 Å². The van der Waals surface area contributed by atoms with E-state index in [9.17, 15) is 8.42 Å². The molecule has 5 nitrogen and oxygen atoms in total. The zero-order chi connectivity index (χ0) is 16.3. The molecule has 0 amide bonds. The molecule has 0 spiro atoms. The molecule has 0 saturated heterocycles. The molecular formula is C15H23N3O2S. The van der Waals surface area contributed by atoms with Gasteiger partial charge in [0.15, 0.2) is 0 Å². The van der Waals surface area contributed by atoms with E-state index in [-0.39, 0.29) is 10.3 Å². The lowest BCUT2D eigenvalue weighted by atomic mass is 9.93. The summed E-state index contributed by atoms with van der Waals surface area (Å²) in [4.78, 5) is 2.25. The number of rotatable bonds is 6. The third-order valence-corrected chi connectivity index (χ3v) is 4.64. The average molecular weight is 309 g/mol. The zero-order valence-electron chi connectivity index (χ0n) is 13.3. The van der Waals surface area contributed by atoms with Crippen LogP contribution in [-0.4, -0.2) is 40.5 Å². The number of benzene rings is 1. The van der Waals surface area contributed by atoms with E-state index in [1.165, 1.54) is 12.1 Å². The standard InChI is InChI=1S/C15H23N3O2S/c1-12-8-13(9-16)6-7-14(12)21(19,20)17-10-15(2,3)11-18(4)5/h6-8,17H,10-11H2,1-5H3. The Hall–Kier alpha value is -1.42. The van der Waals surface area contributed by atoms with E-state index in [1.807, 2.05) is 38.9 Å². The van der Waals surface area contributed by atoms with Gasteiger partial charge in [0.05, 0.1) is 16.5 Å². The van der Waals surface area contributed by atoms with Gasteiger partial charge in [-0.05, 0) is 50.2 Å². The Morgan fingerprint density at radius 2 is 1.95 bits per heavy atom. The molecule has 21 heavy (non-hydrogen) atoms. The van der Waals surface area contributed by atoms with Crippen LogP contribution >= 0.6 is 0 Å². The van der Waals surface area contributed by atoms with Gasteiger partial charge in [-0.3, -0.25) is 0 Å². The van der Waals surface area contributed by atoms with Gasteiger partial charge in [-0.25, -0.2) is 13.1 Å². The van der Waals surface area contributed by atoms with Crippen LogP contribution in [0.15, 0.2) is 23.1 Å². The van der Waals surface area contributed by atoms with Crippen LogP contribution in [0.2, 0.25) is 0 Å². The fraction of sp³-hybridized carbons (Fsp3) is 0.533. The molecule has 1 aromatic rings. The van der Waals surface area contributed by atoms with Gasteiger partial charge in [-0.2, -0.15) is 5.26 Å². The van der Waals surface area contributed by atoms with Crippen LogP contribution in [0.5, 0.6) is 0 Å². The van der Waals surface area contributed by atoms with Gasteiger partial charge >= 0.3 is 0 Å². The van der Waals surface area contributed by atoms with E-state index in [0.29, 0.717) is 17.7 Å². The summed E-state index contributed by atoms with van der Waals surface area (Å²) in [5, 5.41) is 8.83. The number of nitriles is 1. The molecule has 0 bridgehead atoms. The molecule has 0 aliphatic heterocycles. The van der Waals surface area contributed by atoms with E-state index in [0.717, 1.165) is 6.54 Å². The maximum Gasteiger partial charge on any atom is 0.240 e. The second-order valence-electron chi connectivity index (χ2n) is 6.32. The molecule has 0 radical (unpaired) electrons. The van der Waals surface area contributed by atoms with E-state index in [2.05, 4.69) is 4.72 Å². The molecule has 6 heteroatoms. The number of hydrogen-bond donors (Lipinski definition) is 1. The summed E-state index contributed by atoms with van der Waals surface area (Å²) >= 11 is 0. The van der Waals surface area contributed by atoms with Gasteiger partial charge < -0.3 is 4.90 Å². The summed E-state index contributed by atoms with van der Waals surface area (Å²) in [7, 11) is 0.356. The maximum atomic E-state index is 12.4. The summed E-state index contributed by atoms with van der Waals surface area (Å²) in [6, 6.07) is 6.59. The van der Waals surface area contributed by atoms with Crippen molar-refractivity contribution in [2.45, 2.75) is 25.7 Å². The quantitative estimate of drug-likeness (QED) is 0.868. The van der Waals surface area contributed by atoms with E-state index < -0.39 is 10.0 Å². The Balaban J connectivity index is 2.91. The lowest BCUT2D eigenvalue weighted by Gasteiger charge is -2.28. The third kappa shape index (κ3) is 5.12. The van der Waals surface area contributed by atoms with Gasteiger partial charge in [0.2, 0.25) is 10.0 Å². The highest BCUT2D eigenvalue weighted by Gasteiger charge is 2.24. The summed E-state index contributed by atoms with van der Waals surface area (Å²) in [5.41, 5.74) is 0.864. The minimum Gasteiger partial charge on any atom is -0.309 e. The summed E-state index contributed by atoms with van der Waals surface area (Å²) in [6.07, 6.45) is 0. The molecule has 0 atom stereocenters. The van der Waals surface area contributed by atoms with Gasteiger partial charge in [0, 0.05) is 13.1 Å². The minimum atomic E-state index is -3.56. The Bertz CT molecular complexity index is 643. The lowest BCUT2D eigenvalue weighted by molar-refractivity contribution is 0.242. The first-order chi connectivity index (χ1) is 9.57. The van der Waals surface area contributed by atoms with Gasteiger partial charge in [-0.15, -0.1) is 0 Å². The Kier molecular flexibility index (Phi) is 5.51. The van der Waals surface area contributed by atoms with Crippen molar-refractivity contribution < 1.29 is 8.42 Å². The van der Waals surface area contributed by atoms with Crippen molar-refractivity contribution in [3.8, 4) is 6.07 Å². The van der Waals surface area contributed by atoms with Crippen LogP contribution in [-0.2, 0) is 10.0 Å². The molecule has 0 aliphatic rings. The predicted octanol–water partition coefficient (Wildman–Crippen LogP) is 1.73. The van der Waals surface area contributed by atoms with Crippen LogP contribution in [0.3, 0.4) is 0 Å². The zero-order valence-corrected chi connectivity index (χ0v) is 14.1. The minimum absolute atomic E-state index is 0.170. The summed E-state index contributed by atoms with van der Waals surface area (Å²) < 4.78 is 27.4. The highest BCUT2D eigenvalue weighted by molar-refractivity contribution is 7.89. The fourth-order valence-electron chi connectivity index (χ4n) is 2.30. The van der Waals surface area contributed by atoms with Gasteiger partial charge in [0.25, 0.3) is 0 Å². The average Bonchev–Trinajstić information content (AvgIpc) is 2.34. The molecule has 116 valence electrons. The summed E-state index contributed by atoms with van der Waals surface area (Å²) in [6.45, 7) is 6.86. The normalized spacial score (nSPS) is 12.4. The monoisotopic (exact) mass is 309 g/mol. The third-order valence-electron chi connectivity index (χ3n) is 3.08. The van der Waals surface area contributed by atoms with Gasteiger partial charge in [0.1, 0.15) is 0 Å². The van der Waals surface area contributed by atoms with Crippen molar-refractivity contribution >= 4 is 10.0 Å². The van der Waals surface area contributed by atoms with E-state index >= 15 is 0 Å². The fourth-order valence-corrected chi connectivity index (χ4v) is 3.77. The van der Waals surface area contributed by atoms with Crippen molar-refractivity contribution in [1.29, 1.82) is 5.26 Å². The Morgan fingerprint density at radius 3 is 2.43 bits per heavy atom. The number of hydrogen-bond acceptors (Lipinski definition) is 4. The number of nitrogens with one attached hydrogen (secondary N) is 1. The van der Waals surface area contributed by atoms with Crippen molar-refractivity contribution in [1.82, 2.24) is 9.62 Å².